The van der Waals surface area contributed by atoms with Crippen molar-refractivity contribution in [3.05, 3.63) is 57.7 Å². The van der Waals surface area contributed by atoms with Crippen LogP contribution in [0.2, 0.25) is 0 Å². The highest BCUT2D eigenvalue weighted by atomic mass is 127. The second-order valence-corrected chi connectivity index (χ2v) is 7.20. The molecule has 4 nitrogen and oxygen atoms in total. The molecule has 1 aliphatic rings. The van der Waals surface area contributed by atoms with Crippen molar-refractivity contribution in [3.63, 3.8) is 0 Å². The van der Waals surface area contributed by atoms with E-state index in [9.17, 15) is 4.79 Å². The number of halogens is 1. The number of carbonyl (C=O) groups excluding carboxylic acids is 1. The van der Waals surface area contributed by atoms with E-state index in [1.165, 1.54) is 5.69 Å². The smallest absolute Gasteiger partial charge is 0.255 e. The van der Waals surface area contributed by atoms with Crippen LogP contribution >= 0.6 is 22.6 Å². The van der Waals surface area contributed by atoms with Crippen LogP contribution in [-0.2, 0) is 4.74 Å². The fraction of sp³-hybridized carbons (Fsp3) is 0.316. The van der Waals surface area contributed by atoms with E-state index < -0.39 is 0 Å². The average Bonchev–Trinajstić information content (AvgIpc) is 2.62. The number of amides is 1. The van der Waals surface area contributed by atoms with Gasteiger partial charge < -0.3 is 15.0 Å². The molecule has 3 rings (SSSR count). The summed E-state index contributed by atoms with van der Waals surface area (Å²) >= 11 is 2.21. The number of carbonyl (C=O) groups is 1. The molecule has 24 heavy (non-hydrogen) atoms. The quantitative estimate of drug-likeness (QED) is 0.733. The molecule has 1 fully saturated rings. The zero-order valence-corrected chi connectivity index (χ0v) is 15.8. The van der Waals surface area contributed by atoms with Gasteiger partial charge in [0, 0.05) is 40.7 Å². The average molecular weight is 436 g/mol. The fourth-order valence-corrected chi connectivity index (χ4v) is 3.50. The Morgan fingerprint density at radius 2 is 2.04 bits per heavy atom. The van der Waals surface area contributed by atoms with Gasteiger partial charge in [-0.15, -0.1) is 0 Å². The molecular formula is C19H21IN2O2. The zero-order valence-electron chi connectivity index (χ0n) is 13.7. The van der Waals surface area contributed by atoms with E-state index in [-0.39, 0.29) is 5.91 Å². The Labute approximate surface area is 156 Å². The summed E-state index contributed by atoms with van der Waals surface area (Å²) < 4.78 is 6.53. The normalized spacial score (nSPS) is 17.6. The number of nitrogens with zero attached hydrogens (tertiary/aromatic N) is 1. The van der Waals surface area contributed by atoms with Crippen LogP contribution < -0.4 is 10.2 Å². The van der Waals surface area contributed by atoms with E-state index in [1.807, 2.05) is 36.4 Å². The van der Waals surface area contributed by atoms with Gasteiger partial charge in [-0.3, -0.25) is 4.79 Å². The molecule has 0 saturated carbocycles. The van der Waals surface area contributed by atoms with Gasteiger partial charge in [-0.05, 0) is 77.9 Å². The Bertz CT molecular complexity index is 703. The molecule has 0 aliphatic carbocycles. The number of nitrogens with one attached hydrogen (secondary N) is 1. The Balaban J connectivity index is 1.65. The lowest BCUT2D eigenvalue weighted by molar-refractivity contribution is 0.0893. The number of anilines is 2. The van der Waals surface area contributed by atoms with Crippen LogP contribution in [0.4, 0.5) is 11.4 Å². The Morgan fingerprint density at radius 1 is 1.25 bits per heavy atom. The number of piperidine rings is 1. The van der Waals surface area contributed by atoms with Crippen molar-refractivity contribution in [2.75, 3.05) is 30.4 Å². The predicted octanol–water partition coefficient (Wildman–Crippen LogP) is 4.16. The van der Waals surface area contributed by atoms with E-state index in [0.29, 0.717) is 11.7 Å². The highest BCUT2D eigenvalue weighted by molar-refractivity contribution is 14.1. The highest BCUT2D eigenvalue weighted by Gasteiger charge is 2.19. The van der Waals surface area contributed by atoms with Crippen molar-refractivity contribution in [2.24, 2.45) is 0 Å². The van der Waals surface area contributed by atoms with Crippen molar-refractivity contribution < 1.29 is 9.53 Å². The van der Waals surface area contributed by atoms with Crippen LogP contribution in [0.1, 0.15) is 23.2 Å². The largest absolute Gasteiger partial charge is 0.380 e. The predicted molar refractivity (Wildman–Crippen MR) is 106 cm³/mol. The second kappa shape index (κ2) is 7.98. The third-order valence-corrected chi connectivity index (χ3v) is 4.96. The summed E-state index contributed by atoms with van der Waals surface area (Å²) in [5.41, 5.74) is 2.65. The first-order valence-electron chi connectivity index (χ1n) is 8.10. The molecular weight excluding hydrogens is 415 g/mol. The van der Waals surface area contributed by atoms with Crippen molar-refractivity contribution in [3.8, 4) is 0 Å². The minimum Gasteiger partial charge on any atom is -0.380 e. The lowest BCUT2D eigenvalue weighted by Gasteiger charge is -2.33. The molecule has 0 bridgehead atoms. The van der Waals surface area contributed by atoms with Crippen molar-refractivity contribution in [1.82, 2.24) is 0 Å². The van der Waals surface area contributed by atoms with Gasteiger partial charge in [-0.25, -0.2) is 0 Å². The maximum atomic E-state index is 12.3. The molecule has 0 aromatic heterocycles. The minimum atomic E-state index is -0.0846. The Kier molecular flexibility index (Phi) is 5.73. The zero-order chi connectivity index (χ0) is 16.9. The monoisotopic (exact) mass is 436 g/mol. The fourth-order valence-electron chi connectivity index (χ4n) is 2.95. The lowest BCUT2D eigenvalue weighted by atomic mass is 10.1. The number of ether oxygens (including phenoxy) is 1. The van der Waals surface area contributed by atoms with Gasteiger partial charge in [0.25, 0.3) is 5.91 Å². The molecule has 1 atom stereocenters. The van der Waals surface area contributed by atoms with Gasteiger partial charge in [-0.1, -0.05) is 6.07 Å². The number of methoxy groups -OCH3 is 1. The number of benzene rings is 2. The van der Waals surface area contributed by atoms with Crippen LogP contribution in [0, 0.1) is 3.57 Å². The van der Waals surface area contributed by atoms with Gasteiger partial charge in [0.2, 0.25) is 0 Å². The van der Waals surface area contributed by atoms with Gasteiger partial charge in [0.15, 0.2) is 0 Å². The van der Waals surface area contributed by atoms with Gasteiger partial charge in [0.1, 0.15) is 0 Å². The molecule has 1 amide bonds. The summed E-state index contributed by atoms with van der Waals surface area (Å²) in [5, 5.41) is 2.95. The second-order valence-electron chi connectivity index (χ2n) is 5.96. The molecule has 126 valence electrons. The lowest BCUT2D eigenvalue weighted by Crippen LogP contribution is -2.39. The molecule has 2 aromatic carbocycles. The summed E-state index contributed by atoms with van der Waals surface area (Å²) in [5.74, 6) is -0.0846. The van der Waals surface area contributed by atoms with E-state index in [4.69, 9.17) is 4.74 Å². The van der Waals surface area contributed by atoms with Crippen molar-refractivity contribution >= 4 is 39.9 Å². The third kappa shape index (κ3) is 4.27. The van der Waals surface area contributed by atoms with E-state index in [0.717, 1.165) is 35.2 Å². The third-order valence-electron chi connectivity index (χ3n) is 4.29. The standard InChI is InChI=1S/C19H21IN2O2/c1-24-18-6-3-11-22(13-18)17-9-7-16(8-10-17)21-19(23)14-4-2-5-15(20)12-14/h2,4-5,7-10,12,18H,3,6,11,13H2,1H3,(H,21,23). The summed E-state index contributed by atoms with van der Waals surface area (Å²) in [6.07, 6.45) is 2.57. The first kappa shape index (κ1) is 17.2. The number of hydrogen-bond acceptors (Lipinski definition) is 3. The molecule has 1 unspecified atom stereocenters. The number of rotatable bonds is 4. The van der Waals surface area contributed by atoms with E-state index in [2.05, 4.69) is 44.9 Å². The maximum absolute atomic E-state index is 12.3. The SMILES string of the molecule is COC1CCCN(c2ccc(NC(=O)c3cccc(I)c3)cc2)C1. The van der Waals surface area contributed by atoms with Gasteiger partial charge in [-0.2, -0.15) is 0 Å². The van der Waals surface area contributed by atoms with Crippen LogP contribution in [0.25, 0.3) is 0 Å². The van der Waals surface area contributed by atoms with Crippen LogP contribution in [-0.4, -0.2) is 32.2 Å². The highest BCUT2D eigenvalue weighted by Crippen LogP contribution is 2.23. The minimum absolute atomic E-state index is 0.0846. The van der Waals surface area contributed by atoms with Crippen LogP contribution in [0.15, 0.2) is 48.5 Å². The molecule has 5 heteroatoms. The Hall–Kier alpha value is -1.60. The summed E-state index contributed by atoms with van der Waals surface area (Å²) in [6.45, 7) is 1.97. The molecule has 1 aliphatic heterocycles. The molecule has 0 spiro atoms. The number of hydrogen-bond donors (Lipinski definition) is 1. The summed E-state index contributed by atoms with van der Waals surface area (Å²) in [6, 6.07) is 15.6. The molecule has 1 N–H and O–H groups in total. The van der Waals surface area contributed by atoms with Crippen LogP contribution in [0.5, 0.6) is 0 Å². The molecule has 2 aromatic rings. The maximum Gasteiger partial charge on any atom is 0.255 e. The first-order chi connectivity index (χ1) is 11.7. The van der Waals surface area contributed by atoms with Crippen molar-refractivity contribution in [2.45, 2.75) is 18.9 Å². The topological polar surface area (TPSA) is 41.6 Å². The van der Waals surface area contributed by atoms with Gasteiger partial charge >= 0.3 is 0 Å². The van der Waals surface area contributed by atoms with Crippen LogP contribution in [0.3, 0.4) is 0 Å². The summed E-state index contributed by atoms with van der Waals surface area (Å²) in [7, 11) is 1.78. The molecule has 1 heterocycles. The summed E-state index contributed by atoms with van der Waals surface area (Å²) in [4.78, 5) is 14.6. The molecule has 0 radical (unpaired) electrons. The Morgan fingerprint density at radius 3 is 2.75 bits per heavy atom. The van der Waals surface area contributed by atoms with E-state index >= 15 is 0 Å². The van der Waals surface area contributed by atoms with Gasteiger partial charge in [0.05, 0.1) is 6.10 Å². The first-order valence-corrected chi connectivity index (χ1v) is 9.18. The van der Waals surface area contributed by atoms with Crippen molar-refractivity contribution in [1.29, 1.82) is 0 Å². The van der Waals surface area contributed by atoms with E-state index in [1.54, 1.807) is 7.11 Å². The molecule has 1 saturated heterocycles.